The highest BCUT2D eigenvalue weighted by Crippen LogP contribution is 2.27. The van der Waals surface area contributed by atoms with Crippen LogP contribution in [0, 0.1) is 0 Å². The topological polar surface area (TPSA) is 43.1 Å². The van der Waals surface area contributed by atoms with Gasteiger partial charge in [0.2, 0.25) is 0 Å². The first kappa shape index (κ1) is 10.5. The molecular formula is C9H9Cl2NO. The first-order valence-corrected chi connectivity index (χ1v) is 4.15. The van der Waals surface area contributed by atoms with E-state index < -0.39 is 0 Å². The molecule has 70 valence electrons. The predicted octanol–water partition coefficient (Wildman–Crippen LogP) is 1.83. The molecule has 2 N–H and O–H groups in total. The van der Waals surface area contributed by atoms with Crippen molar-refractivity contribution in [2.24, 2.45) is 5.73 Å². The maximum absolute atomic E-state index is 11.4. The number of halogens is 2. The van der Waals surface area contributed by atoms with Crippen molar-refractivity contribution in [3.63, 3.8) is 0 Å². The third-order valence-electron chi connectivity index (χ3n) is 2.15. The number of Topliss-reactive ketones (excluding diaryl/α,β-unsaturated/α-hetero) is 1. The van der Waals surface area contributed by atoms with Gasteiger partial charge in [0.15, 0.2) is 5.78 Å². The summed E-state index contributed by atoms with van der Waals surface area (Å²) in [5.74, 6) is 0.00694. The Morgan fingerprint density at radius 1 is 1.46 bits per heavy atom. The van der Waals surface area contributed by atoms with E-state index in [1.807, 2.05) is 0 Å². The summed E-state index contributed by atoms with van der Waals surface area (Å²) in [6.07, 6.45) is 0.577. The van der Waals surface area contributed by atoms with Crippen LogP contribution in [0.5, 0.6) is 0 Å². The molecule has 0 spiro atoms. The molecule has 1 unspecified atom stereocenters. The molecule has 4 heteroatoms. The van der Waals surface area contributed by atoms with E-state index in [2.05, 4.69) is 0 Å². The third kappa shape index (κ3) is 1.57. The zero-order valence-corrected chi connectivity index (χ0v) is 8.36. The second-order valence-corrected chi connectivity index (χ2v) is 3.35. The molecule has 1 atom stereocenters. The minimum absolute atomic E-state index is 0. The van der Waals surface area contributed by atoms with Gasteiger partial charge in [-0.3, -0.25) is 4.79 Å². The van der Waals surface area contributed by atoms with Gasteiger partial charge < -0.3 is 5.73 Å². The quantitative estimate of drug-likeness (QED) is 0.721. The molecule has 0 heterocycles. The molecule has 0 saturated heterocycles. The molecule has 1 aliphatic rings. The lowest BCUT2D eigenvalue weighted by Crippen LogP contribution is -2.26. The summed E-state index contributed by atoms with van der Waals surface area (Å²) in [5, 5.41) is 0.647. The number of hydrogen-bond acceptors (Lipinski definition) is 2. The maximum atomic E-state index is 11.4. The van der Waals surface area contributed by atoms with E-state index in [1.54, 1.807) is 18.2 Å². The number of ketones is 1. The highest BCUT2D eigenvalue weighted by Gasteiger charge is 2.28. The number of hydrogen-bond donors (Lipinski definition) is 1. The molecular weight excluding hydrogens is 209 g/mol. The molecule has 0 radical (unpaired) electrons. The fourth-order valence-corrected chi connectivity index (χ4v) is 1.76. The molecule has 1 aromatic rings. The van der Waals surface area contributed by atoms with Crippen molar-refractivity contribution in [1.29, 1.82) is 0 Å². The van der Waals surface area contributed by atoms with Crippen molar-refractivity contribution >= 4 is 29.8 Å². The molecule has 13 heavy (non-hydrogen) atoms. The van der Waals surface area contributed by atoms with Crippen LogP contribution in [0.15, 0.2) is 18.2 Å². The Bertz CT molecular complexity index is 351. The van der Waals surface area contributed by atoms with Crippen molar-refractivity contribution in [1.82, 2.24) is 0 Å². The summed E-state index contributed by atoms with van der Waals surface area (Å²) in [6.45, 7) is 0. The number of rotatable bonds is 0. The van der Waals surface area contributed by atoms with E-state index in [1.165, 1.54) is 0 Å². The smallest absolute Gasteiger partial charge is 0.180 e. The fraction of sp³-hybridized carbons (Fsp3) is 0.222. The predicted molar refractivity (Wildman–Crippen MR) is 54.7 cm³/mol. The second kappa shape index (κ2) is 3.66. The van der Waals surface area contributed by atoms with E-state index in [-0.39, 0.29) is 24.2 Å². The molecule has 2 nitrogen and oxygen atoms in total. The number of fused-ring (bicyclic) bond motifs is 1. The van der Waals surface area contributed by atoms with E-state index in [9.17, 15) is 4.79 Å². The van der Waals surface area contributed by atoms with Gasteiger partial charge in [0.25, 0.3) is 0 Å². The standard InChI is InChI=1S/C9H8ClNO.ClH/c10-7-3-1-2-5-6(7)4-8(11)9(5)12;/h1-3,8H,4,11H2;1H. The van der Waals surface area contributed by atoms with Crippen LogP contribution in [0.4, 0.5) is 0 Å². The van der Waals surface area contributed by atoms with Crippen molar-refractivity contribution in [3.05, 3.63) is 34.3 Å². The zero-order valence-electron chi connectivity index (χ0n) is 6.79. The van der Waals surface area contributed by atoms with Crippen molar-refractivity contribution in [2.45, 2.75) is 12.5 Å². The van der Waals surface area contributed by atoms with E-state index in [0.29, 0.717) is 17.0 Å². The van der Waals surface area contributed by atoms with Gasteiger partial charge in [-0.1, -0.05) is 23.7 Å². The largest absolute Gasteiger partial charge is 0.321 e. The van der Waals surface area contributed by atoms with Gasteiger partial charge in [0.05, 0.1) is 6.04 Å². The maximum Gasteiger partial charge on any atom is 0.180 e. The molecule has 0 amide bonds. The van der Waals surface area contributed by atoms with E-state index in [4.69, 9.17) is 17.3 Å². The molecule has 0 fully saturated rings. The molecule has 1 aliphatic carbocycles. The van der Waals surface area contributed by atoms with Gasteiger partial charge in [-0.2, -0.15) is 0 Å². The zero-order chi connectivity index (χ0) is 8.72. The van der Waals surface area contributed by atoms with Crippen LogP contribution in [0.3, 0.4) is 0 Å². The lowest BCUT2D eigenvalue weighted by molar-refractivity contribution is 0.0974. The summed E-state index contributed by atoms with van der Waals surface area (Å²) in [6, 6.07) is 4.94. The Labute approximate surface area is 87.5 Å². The van der Waals surface area contributed by atoms with Gasteiger partial charge in [-0.25, -0.2) is 0 Å². The van der Waals surface area contributed by atoms with Crippen molar-refractivity contribution in [2.75, 3.05) is 0 Å². The Kier molecular flexibility index (Phi) is 2.96. The lowest BCUT2D eigenvalue weighted by Gasteiger charge is -1.97. The Balaban J connectivity index is 0.000000845. The van der Waals surface area contributed by atoms with Gasteiger partial charge in [-0.05, 0) is 18.1 Å². The van der Waals surface area contributed by atoms with Gasteiger partial charge in [0, 0.05) is 10.6 Å². The lowest BCUT2D eigenvalue weighted by atomic mass is 10.1. The van der Waals surface area contributed by atoms with Crippen molar-refractivity contribution in [3.8, 4) is 0 Å². The number of benzene rings is 1. The second-order valence-electron chi connectivity index (χ2n) is 2.94. The number of carbonyl (C=O) groups excluding carboxylic acids is 1. The normalized spacial score (nSPS) is 19.5. The first-order chi connectivity index (χ1) is 5.70. The van der Waals surface area contributed by atoms with Crippen LogP contribution in [0.1, 0.15) is 15.9 Å². The van der Waals surface area contributed by atoms with Crippen LogP contribution in [0.2, 0.25) is 5.02 Å². The van der Waals surface area contributed by atoms with Crippen LogP contribution in [-0.2, 0) is 6.42 Å². The van der Waals surface area contributed by atoms with Gasteiger partial charge >= 0.3 is 0 Å². The first-order valence-electron chi connectivity index (χ1n) is 3.77. The highest BCUT2D eigenvalue weighted by atomic mass is 35.5. The number of nitrogens with two attached hydrogens (primary N) is 1. The Hall–Kier alpha value is -0.570. The molecule has 2 rings (SSSR count). The van der Waals surface area contributed by atoms with Crippen LogP contribution in [-0.4, -0.2) is 11.8 Å². The fourth-order valence-electron chi connectivity index (χ4n) is 1.51. The highest BCUT2D eigenvalue weighted by molar-refractivity contribution is 6.32. The molecule has 0 saturated carbocycles. The van der Waals surface area contributed by atoms with Gasteiger partial charge in [-0.15, -0.1) is 12.4 Å². The minimum atomic E-state index is -0.389. The van der Waals surface area contributed by atoms with Crippen LogP contribution >= 0.6 is 24.0 Å². The summed E-state index contributed by atoms with van der Waals surface area (Å²) in [7, 11) is 0. The molecule has 1 aromatic carbocycles. The van der Waals surface area contributed by atoms with E-state index >= 15 is 0 Å². The third-order valence-corrected chi connectivity index (χ3v) is 2.50. The summed E-state index contributed by atoms with van der Waals surface area (Å²) >= 11 is 5.89. The molecule has 0 aliphatic heterocycles. The van der Waals surface area contributed by atoms with Crippen LogP contribution < -0.4 is 5.73 Å². The molecule has 0 aromatic heterocycles. The van der Waals surface area contributed by atoms with Crippen LogP contribution in [0.25, 0.3) is 0 Å². The monoisotopic (exact) mass is 217 g/mol. The Morgan fingerprint density at radius 2 is 2.15 bits per heavy atom. The Morgan fingerprint density at radius 3 is 2.77 bits per heavy atom. The number of carbonyl (C=O) groups is 1. The molecule has 0 bridgehead atoms. The average Bonchev–Trinajstić information content (AvgIpc) is 2.32. The summed E-state index contributed by atoms with van der Waals surface area (Å²) in [4.78, 5) is 11.4. The SMILES string of the molecule is Cl.NC1Cc2c(Cl)cccc2C1=O. The summed E-state index contributed by atoms with van der Waals surface area (Å²) in [5.41, 5.74) is 7.18. The van der Waals surface area contributed by atoms with Gasteiger partial charge in [0.1, 0.15) is 0 Å². The van der Waals surface area contributed by atoms with E-state index in [0.717, 1.165) is 5.56 Å². The minimum Gasteiger partial charge on any atom is -0.321 e. The average molecular weight is 218 g/mol. The van der Waals surface area contributed by atoms with Crippen molar-refractivity contribution < 1.29 is 4.79 Å². The summed E-state index contributed by atoms with van der Waals surface area (Å²) < 4.78 is 0.